The molecule has 0 spiro atoms. The summed E-state index contributed by atoms with van der Waals surface area (Å²) in [7, 11) is 1.67. The number of rotatable bonds is 8. The molecular formula is C13H20BrNO2. The van der Waals surface area contributed by atoms with Gasteiger partial charge in [0.15, 0.2) is 0 Å². The maximum absolute atomic E-state index is 5.54. The number of hydrogen-bond donors (Lipinski definition) is 1. The fraction of sp³-hybridized carbons (Fsp3) is 0.538. The predicted octanol–water partition coefficient (Wildman–Crippen LogP) is 2.63. The second kappa shape index (κ2) is 8.50. The molecule has 0 saturated heterocycles. The molecule has 1 aromatic carbocycles. The summed E-state index contributed by atoms with van der Waals surface area (Å²) < 4.78 is 11.8. The molecule has 0 aliphatic heterocycles. The lowest BCUT2D eigenvalue weighted by Crippen LogP contribution is -2.19. The van der Waals surface area contributed by atoms with Crippen LogP contribution in [0.25, 0.3) is 0 Å². The Morgan fingerprint density at radius 3 is 2.76 bits per heavy atom. The molecule has 3 nitrogen and oxygen atoms in total. The molecule has 0 heterocycles. The van der Waals surface area contributed by atoms with Crippen LogP contribution in [0.15, 0.2) is 22.7 Å². The first kappa shape index (κ1) is 14.5. The molecule has 1 N–H and O–H groups in total. The summed E-state index contributed by atoms with van der Waals surface area (Å²) >= 11 is 3.53. The Morgan fingerprint density at radius 2 is 2.12 bits per heavy atom. The van der Waals surface area contributed by atoms with Gasteiger partial charge in [0.05, 0.1) is 20.3 Å². The Balaban J connectivity index is 2.27. The number of methoxy groups -OCH3 is 1. The third kappa shape index (κ3) is 5.52. The van der Waals surface area contributed by atoms with Crippen LogP contribution in [0.3, 0.4) is 0 Å². The number of halogens is 1. The minimum Gasteiger partial charge on any atom is -0.497 e. The van der Waals surface area contributed by atoms with E-state index >= 15 is 0 Å². The third-order valence-corrected chi connectivity index (χ3v) is 3.19. The van der Waals surface area contributed by atoms with Crippen molar-refractivity contribution in [2.75, 3.05) is 33.4 Å². The minimum atomic E-state index is 0.746. The lowest BCUT2D eigenvalue weighted by molar-refractivity contribution is 0.139. The summed E-state index contributed by atoms with van der Waals surface area (Å²) in [5, 5.41) is 3.22. The molecule has 0 bridgehead atoms. The summed E-state index contributed by atoms with van der Waals surface area (Å²) in [5.74, 6) is 0.869. The lowest BCUT2D eigenvalue weighted by Gasteiger charge is -2.08. The smallest absolute Gasteiger partial charge is 0.120 e. The second-order valence-corrected chi connectivity index (χ2v) is 4.53. The molecule has 0 atom stereocenters. The van der Waals surface area contributed by atoms with E-state index in [1.54, 1.807) is 7.11 Å². The van der Waals surface area contributed by atoms with Crippen LogP contribution < -0.4 is 10.1 Å². The van der Waals surface area contributed by atoms with Gasteiger partial charge in [0.2, 0.25) is 0 Å². The quantitative estimate of drug-likeness (QED) is 0.749. The Bertz CT molecular complexity index is 331. The van der Waals surface area contributed by atoms with E-state index in [0.717, 1.165) is 42.9 Å². The zero-order valence-corrected chi connectivity index (χ0v) is 12.0. The summed E-state index contributed by atoms with van der Waals surface area (Å²) in [6, 6.07) is 6.02. The first-order chi connectivity index (χ1) is 8.27. The highest BCUT2D eigenvalue weighted by Gasteiger charge is 2.01. The molecule has 0 radical (unpaired) electrons. The van der Waals surface area contributed by atoms with Gasteiger partial charge in [-0.2, -0.15) is 0 Å². The van der Waals surface area contributed by atoms with Crippen LogP contribution in [-0.4, -0.2) is 33.4 Å². The molecule has 0 amide bonds. The first-order valence-electron chi connectivity index (χ1n) is 5.88. The van der Waals surface area contributed by atoms with E-state index in [9.17, 15) is 0 Å². The van der Waals surface area contributed by atoms with Gasteiger partial charge in [-0.05, 0) is 30.7 Å². The molecule has 0 aliphatic rings. The molecule has 0 aliphatic carbocycles. The monoisotopic (exact) mass is 301 g/mol. The number of ether oxygens (including phenoxy) is 2. The highest BCUT2D eigenvalue weighted by Crippen LogP contribution is 2.23. The van der Waals surface area contributed by atoms with Crippen LogP contribution in [0.4, 0.5) is 0 Å². The summed E-state index contributed by atoms with van der Waals surface area (Å²) in [6.07, 6.45) is 0.913. The highest BCUT2D eigenvalue weighted by molar-refractivity contribution is 9.10. The number of nitrogens with one attached hydrogen (secondary N) is 1. The molecule has 0 unspecified atom stereocenters. The summed E-state index contributed by atoms with van der Waals surface area (Å²) in [4.78, 5) is 0. The summed E-state index contributed by atoms with van der Waals surface area (Å²) in [5.41, 5.74) is 1.24. The maximum Gasteiger partial charge on any atom is 0.120 e. The zero-order valence-electron chi connectivity index (χ0n) is 10.5. The van der Waals surface area contributed by atoms with E-state index < -0.39 is 0 Å². The normalized spacial score (nSPS) is 10.5. The molecule has 1 aromatic rings. The largest absolute Gasteiger partial charge is 0.497 e. The van der Waals surface area contributed by atoms with Gasteiger partial charge in [-0.25, -0.2) is 0 Å². The van der Waals surface area contributed by atoms with Crippen molar-refractivity contribution in [2.45, 2.75) is 13.3 Å². The van der Waals surface area contributed by atoms with E-state index in [1.807, 2.05) is 12.1 Å². The van der Waals surface area contributed by atoms with E-state index in [1.165, 1.54) is 5.56 Å². The fourth-order valence-corrected chi connectivity index (χ4v) is 2.02. The standard InChI is InChI=1S/C13H20BrNO2/c1-3-15-7-9-17-8-6-11-4-5-12(16-2)10-13(11)14/h4-5,10,15H,3,6-9H2,1-2H3. The molecule has 4 heteroatoms. The van der Waals surface area contributed by atoms with Gasteiger partial charge in [0.1, 0.15) is 5.75 Å². The molecule has 17 heavy (non-hydrogen) atoms. The zero-order chi connectivity index (χ0) is 12.5. The Labute approximate surface area is 112 Å². The van der Waals surface area contributed by atoms with Crippen molar-refractivity contribution in [3.8, 4) is 5.75 Å². The highest BCUT2D eigenvalue weighted by atomic mass is 79.9. The van der Waals surface area contributed by atoms with Gasteiger partial charge in [-0.15, -0.1) is 0 Å². The van der Waals surface area contributed by atoms with Crippen molar-refractivity contribution < 1.29 is 9.47 Å². The van der Waals surface area contributed by atoms with Gasteiger partial charge in [0, 0.05) is 11.0 Å². The van der Waals surface area contributed by atoms with Crippen molar-refractivity contribution >= 4 is 15.9 Å². The van der Waals surface area contributed by atoms with E-state index in [0.29, 0.717) is 0 Å². The Kier molecular flexibility index (Phi) is 7.24. The topological polar surface area (TPSA) is 30.5 Å². The van der Waals surface area contributed by atoms with Crippen molar-refractivity contribution in [1.82, 2.24) is 5.32 Å². The molecule has 1 rings (SSSR count). The molecule has 0 aromatic heterocycles. The van der Waals surface area contributed by atoms with Gasteiger partial charge in [-0.1, -0.05) is 28.9 Å². The SMILES string of the molecule is CCNCCOCCc1ccc(OC)cc1Br. The van der Waals surface area contributed by atoms with Gasteiger partial charge < -0.3 is 14.8 Å². The Morgan fingerprint density at radius 1 is 1.29 bits per heavy atom. The summed E-state index contributed by atoms with van der Waals surface area (Å²) in [6.45, 7) is 5.51. The average Bonchev–Trinajstić information content (AvgIpc) is 2.35. The van der Waals surface area contributed by atoms with Crippen LogP contribution in [0, 0.1) is 0 Å². The minimum absolute atomic E-state index is 0.746. The van der Waals surface area contributed by atoms with Crippen LogP contribution in [-0.2, 0) is 11.2 Å². The van der Waals surface area contributed by atoms with Crippen molar-refractivity contribution in [2.24, 2.45) is 0 Å². The fourth-order valence-electron chi connectivity index (χ4n) is 1.46. The van der Waals surface area contributed by atoms with Crippen LogP contribution >= 0.6 is 15.9 Å². The Hall–Kier alpha value is -0.580. The van der Waals surface area contributed by atoms with Crippen molar-refractivity contribution in [1.29, 1.82) is 0 Å². The van der Waals surface area contributed by atoms with Gasteiger partial charge in [-0.3, -0.25) is 0 Å². The average molecular weight is 302 g/mol. The molecule has 0 saturated carbocycles. The molecule has 96 valence electrons. The second-order valence-electron chi connectivity index (χ2n) is 3.67. The van der Waals surface area contributed by atoms with Gasteiger partial charge >= 0.3 is 0 Å². The van der Waals surface area contributed by atoms with Crippen molar-refractivity contribution in [3.05, 3.63) is 28.2 Å². The maximum atomic E-state index is 5.54. The lowest BCUT2D eigenvalue weighted by atomic mass is 10.1. The van der Waals surface area contributed by atoms with Crippen LogP contribution in [0.1, 0.15) is 12.5 Å². The third-order valence-electron chi connectivity index (χ3n) is 2.45. The number of benzene rings is 1. The molecular weight excluding hydrogens is 282 g/mol. The van der Waals surface area contributed by atoms with E-state index in [4.69, 9.17) is 9.47 Å². The van der Waals surface area contributed by atoms with Crippen LogP contribution in [0.5, 0.6) is 5.75 Å². The van der Waals surface area contributed by atoms with E-state index in [-0.39, 0.29) is 0 Å². The van der Waals surface area contributed by atoms with Crippen LogP contribution in [0.2, 0.25) is 0 Å². The van der Waals surface area contributed by atoms with Crippen molar-refractivity contribution in [3.63, 3.8) is 0 Å². The predicted molar refractivity (Wildman–Crippen MR) is 73.8 cm³/mol. The number of hydrogen-bond acceptors (Lipinski definition) is 3. The van der Waals surface area contributed by atoms with Gasteiger partial charge in [0.25, 0.3) is 0 Å². The molecule has 0 fully saturated rings. The van der Waals surface area contributed by atoms with E-state index in [2.05, 4.69) is 34.2 Å². The first-order valence-corrected chi connectivity index (χ1v) is 6.68. The number of likely N-dealkylation sites (N-methyl/N-ethyl adjacent to an activating group) is 1.